The third-order valence-corrected chi connectivity index (χ3v) is 10.9. The van der Waals surface area contributed by atoms with Crippen LogP contribution in [0.3, 0.4) is 0 Å². The van der Waals surface area contributed by atoms with Crippen molar-refractivity contribution in [3.05, 3.63) is 85.1 Å². The third kappa shape index (κ3) is 45.0. The normalized spacial score (nSPS) is 14.3. The van der Waals surface area contributed by atoms with E-state index >= 15 is 0 Å². The first-order valence-corrected chi connectivity index (χ1v) is 25.6. The van der Waals surface area contributed by atoms with Crippen LogP contribution < -0.4 is 5.32 Å². The van der Waals surface area contributed by atoms with Crippen molar-refractivity contribution in [2.45, 2.75) is 199 Å². The number of aliphatic hydroxyl groups is 1. The van der Waals surface area contributed by atoms with Gasteiger partial charge in [-0.05, 0) is 89.9 Å². The number of hydrogen-bond acceptors (Lipinski definition) is 8. The summed E-state index contributed by atoms with van der Waals surface area (Å²) in [4.78, 5) is 46.0. The molecule has 0 rings (SSSR count). The van der Waals surface area contributed by atoms with Crippen LogP contribution in [0.1, 0.15) is 187 Å². The molecule has 0 bridgehead atoms. The zero-order chi connectivity index (χ0) is 46.3. The Hall–Kier alpha value is -3.34. The fourth-order valence-electron chi connectivity index (χ4n) is 6.19. The molecular formula is C51H86NO10P. The van der Waals surface area contributed by atoms with Gasteiger partial charge in [-0.2, -0.15) is 0 Å². The van der Waals surface area contributed by atoms with Gasteiger partial charge in [0.1, 0.15) is 12.7 Å². The van der Waals surface area contributed by atoms with Crippen LogP contribution in [-0.4, -0.2) is 64.9 Å². The number of aliphatic hydroxyl groups excluding tert-OH is 1. The molecule has 3 unspecified atom stereocenters. The van der Waals surface area contributed by atoms with E-state index in [4.69, 9.17) is 13.8 Å². The predicted octanol–water partition coefficient (Wildman–Crippen LogP) is 13.1. The van der Waals surface area contributed by atoms with Gasteiger partial charge in [0.05, 0.1) is 13.2 Å². The second-order valence-electron chi connectivity index (χ2n) is 15.9. The van der Waals surface area contributed by atoms with Crippen LogP contribution in [0.2, 0.25) is 0 Å². The molecule has 0 aliphatic rings. The average molecular weight is 904 g/mol. The van der Waals surface area contributed by atoms with Crippen LogP contribution in [0, 0.1) is 0 Å². The summed E-state index contributed by atoms with van der Waals surface area (Å²) in [5.41, 5.74) is 0. The highest BCUT2D eigenvalue weighted by Crippen LogP contribution is 2.43. The van der Waals surface area contributed by atoms with Gasteiger partial charge in [-0.3, -0.25) is 18.6 Å². The van der Waals surface area contributed by atoms with Gasteiger partial charge in [-0.1, -0.05) is 170 Å². The van der Waals surface area contributed by atoms with Crippen LogP contribution in [-0.2, 0) is 32.7 Å². The van der Waals surface area contributed by atoms with Crippen LogP contribution in [0.4, 0.5) is 0 Å². The number of nitrogens with one attached hydrogen (secondary N) is 1. The molecule has 0 aliphatic heterocycles. The van der Waals surface area contributed by atoms with Gasteiger partial charge in [0.25, 0.3) is 0 Å². The number of amides is 1. The van der Waals surface area contributed by atoms with Gasteiger partial charge in [-0.15, -0.1) is 0 Å². The zero-order valence-corrected chi connectivity index (χ0v) is 40.0. The Morgan fingerprint density at radius 2 is 0.921 bits per heavy atom. The zero-order valence-electron chi connectivity index (χ0n) is 39.1. The molecule has 0 aromatic heterocycles. The predicted molar refractivity (Wildman–Crippen MR) is 258 cm³/mol. The number of ether oxygens (including phenoxy) is 1. The highest BCUT2D eigenvalue weighted by molar-refractivity contribution is 7.47. The van der Waals surface area contributed by atoms with E-state index in [-0.39, 0.29) is 12.8 Å². The number of aliphatic carboxylic acids is 1. The molecule has 3 atom stereocenters. The number of allylic oxidation sites excluding steroid dienone is 14. The fourth-order valence-corrected chi connectivity index (χ4v) is 6.97. The standard InChI is InChI=1S/C51H86NO10P/c1-3-5-7-9-11-13-15-17-19-21-22-23-24-25-26-27-28-30-32-34-36-38-40-42-49(54)52-48(51(56)57)46-62-63(58,59)61-45-47(53)44-60-50(55)43-41-39-37-35-33-31-29-20-18-16-14-12-10-8-6-4-2/h5,7,11,13,17,19-20,22-23,25-26,28-30,47-48,53H,3-4,6,8-10,12,14-16,18,21,24,27,31-46H2,1-2H3,(H,52,54)(H,56,57)(H,58,59)/b7-5-,13-11-,19-17-,23-22-,26-25-,29-20-,30-28-. The van der Waals surface area contributed by atoms with Gasteiger partial charge in [0.2, 0.25) is 5.91 Å². The molecule has 0 fully saturated rings. The van der Waals surface area contributed by atoms with Crippen molar-refractivity contribution in [2.75, 3.05) is 19.8 Å². The summed E-state index contributed by atoms with van der Waals surface area (Å²) in [5.74, 6) is -2.43. The molecule has 0 aliphatic carbocycles. The summed E-state index contributed by atoms with van der Waals surface area (Å²) in [7, 11) is -4.77. The average Bonchev–Trinajstić information content (AvgIpc) is 3.26. The SMILES string of the molecule is CC/C=C\C/C=C\C/C=C\C/C=C\C/C=C\C/C=C\CCCCCCC(=O)NC(COP(=O)(O)OCC(O)COC(=O)CCCCCCC/C=C\CCCCCCCCC)C(=O)O. The summed E-state index contributed by atoms with van der Waals surface area (Å²) in [6.45, 7) is 2.45. The molecule has 63 heavy (non-hydrogen) atoms. The highest BCUT2D eigenvalue weighted by atomic mass is 31.2. The molecule has 0 saturated heterocycles. The van der Waals surface area contributed by atoms with E-state index in [2.05, 4.69) is 104 Å². The number of unbranched alkanes of at least 4 members (excludes halogenated alkanes) is 16. The van der Waals surface area contributed by atoms with Crippen LogP contribution in [0.15, 0.2) is 85.1 Å². The van der Waals surface area contributed by atoms with Crippen LogP contribution in [0.5, 0.6) is 0 Å². The first-order chi connectivity index (χ1) is 30.6. The maximum atomic E-state index is 12.3. The number of hydrogen-bond donors (Lipinski definition) is 4. The molecule has 4 N–H and O–H groups in total. The van der Waals surface area contributed by atoms with E-state index in [1.165, 1.54) is 44.9 Å². The largest absolute Gasteiger partial charge is 0.480 e. The highest BCUT2D eigenvalue weighted by Gasteiger charge is 2.28. The Morgan fingerprint density at radius 1 is 0.524 bits per heavy atom. The lowest BCUT2D eigenvalue weighted by molar-refractivity contribution is -0.147. The monoisotopic (exact) mass is 904 g/mol. The molecule has 12 heteroatoms. The minimum Gasteiger partial charge on any atom is -0.480 e. The molecule has 1 amide bonds. The van der Waals surface area contributed by atoms with Crippen molar-refractivity contribution >= 4 is 25.7 Å². The van der Waals surface area contributed by atoms with Crippen molar-refractivity contribution in [3.63, 3.8) is 0 Å². The molecule has 0 aromatic rings. The topological polar surface area (TPSA) is 169 Å². The van der Waals surface area contributed by atoms with Gasteiger partial charge in [-0.25, -0.2) is 9.36 Å². The van der Waals surface area contributed by atoms with Crippen molar-refractivity contribution in [1.82, 2.24) is 5.32 Å². The number of carbonyl (C=O) groups excluding carboxylic acids is 2. The summed E-state index contributed by atoms with van der Waals surface area (Å²) >= 11 is 0. The number of rotatable bonds is 44. The van der Waals surface area contributed by atoms with Crippen molar-refractivity contribution in [1.29, 1.82) is 0 Å². The molecule has 11 nitrogen and oxygen atoms in total. The molecule has 0 saturated carbocycles. The van der Waals surface area contributed by atoms with Gasteiger partial charge in [0.15, 0.2) is 6.04 Å². The maximum Gasteiger partial charge on any atom is 0.472 e. The molecule has 0 spiro atoms. The fraction of sp³-hybridized carbons (Fsp3) is 0.667. The van der Waals surface area contributed by atoms with Crippen LogP contribution >= 0.6 is 7.82 Å². The lowest BCUT2D eigenvalue weighted by Crippen LogP contribution is -2.43. The number of carboxylic acid groups (broad SMARTS) is 1. The minimum absolute atomic E-state index is 0.110. The Labute approximate surface area is 381 Å². The second kappa shape index (κ2) is 45.2. The van der Waals surface area contributed by atoms with E-state index in [1.54, 1.807) is 0 Å². The summed E-state index contributed by atoms with van der Waals surface area (Å²) in [6.07, 6.45) is 56.0. The summed E-state index contributed by atoms with van der Waals surface area (Å²) in [5, 5.41) is 21.9. The molecule has 0 aromatic carbocycles. The smallest absolute Gasteiger partial charge is 0.472 e. The quantitative estimate of drug-likeness (QED) is 0.0200. The maximum absolute atomic E-state index is 12.3. The van der Waals surface area contributed by atoms with E-state index in [0.29, 0.717) is 12.8 Å². The van der Waals surface area contributed by atoms with E-state index in [9.17, 15) is 34.1 Å². The summed E-state index contributed by atoms with van der Waals surface area (Å²) < 4.78 is 26.9. The third-order valence-electron chi connectivity index (χ3n) is 9.92. The Bertz CT molecular complexity index is 1390. The van der Waals surface area contributed by atoms with Gasteiger partial charge < -0.3 is 25.2 Å². The molecule has 0 radical (unpaired) electrons. The van der Waals surface area contributed by atoms with E-state index in [1.807, 2.05) is 0 Å². The van der Waals surface area contributed by atoms with Crippen molar-refractivity contribution in [2.24, 2.45) is 0 Å². The number of esters is 1. The lowest BCUT2D eigenvalue weighted by Gasteiger charge is -2.18. The van der Waals surface area contributed by atoms with Gasteiger partial charge in [0, 0.05) is 12.8 Å². The molecular weight excluding hydrogens is 818 g/mol. The van der Waals surface area contributed by atoms with E-state index < -0.39 is 57.6 Å². The lowest BCUT2D eigenvalue weighted by atomic mass is 10.1. The van der Waals surface area contributed by atoms with Crippen molar-refractivity contribution < 1.29 is 47.8 Å². The molecule has 360 valence electrons. The Kier molecular flexibility index (Phi) is 42.8. The van der Waals surface area contributed by atoms with Crippen LogP contribution in [0.25, 0.3) is 0 Å². The first kappa shape index (κ1) is 59.7. The van der Waals surface area contributed by atoms with Gasteiger partial charge >= 0.3 is 19.8 Å². The molecule has 0 heterocycles. The Morgan fingerprint density at radius 3 is 1.40 bits per heavy atom. The minimum atomic E-state index is -4.77. The summed E-state index contributed by atoms with van der Waals surface area (Å²) in [6, 6.07) is -1.57. The number of phosphoric acid groups is 1. The Balaban J connectivity index is 3.95. The van der Waals surface area contributed by atoms with E-state index in [0.717, 1.165) is 103 Å². The number of carbonyl (C=O) groups is 3. The second-order valence-corrected chi connectivity index (χ2v) is 17.4. The number of carboxylic acids is 1. The first-order valence-electron chi connectivity index (χ1n) is 24.1. The number of phosphoric ester groups is 1. The van der Waals surface area contributed by atoms with Crippen molar-refractivity contribution in [3.8, 4) is 0 Å².